The van der Waals surface area contributed by atoms with E-state index in [2.05, 4.69) is 54.4 Å². The molecular formula is C55H88F5NO15. The van der Waals surface area contributed by atoms with E-state index in [-0.39, 0.29) is 47.3 Å². The minimum atomic E-state index is -4.87. The Labute approximate surface area is 447 Å². The van der Waals surface area contributed by atoms with E-state index < -0.39 is 77.2 Å². The second kappa shape index (κ2) is 30.4. The summed E-state index contributed by atoms with van der Waals surface area (Å²) < 4.78 is 107. The van der Waals surface area contributed by atoms with Crippen molar-refractivity contribution in [3.63, 3.8) is 0 Å². The van der Waals surface area contributed by atoms with Crippen molar-refractivity contribution in [3.05, 3.63) is 48.6 Å². The molecule has 21 heteroatoms. The molecule has 1 amide bonds. The molecule has 438 valence electrons. The van der Waals surface area contributed by atoms with Gasteiger partial charge in [-0.3, -0.25) is 0 Å². The topological polar surface area (TPSA) is 197 Å². The lowest BCUT2D eigenvalue weighted by Gasteiger charge is -2.34. The molecule has 1 saturated carbocycles. The Morgan fingerprint density at radius 3 is 1.42 bits per heavy atom. The van der Waals surface area contributed by atoms with Gasteiger partial charge in [0.1, 0.15) is 34.6 Å². The summed E-state index contributed by atoms with van der Waals surface area (Å²) in [5.41, 5.74) is -4.62. The Balaban J connectivity index is 0. The van der Waals surface area contributed by atoms with Gasteiger partial charge in [-0.05, 0) is 141 Å². The molecule has 3 unspecified atom stereocenters. The van der Waals surface area contributed by atoms with Crippen LogP contribution in [-0.4, -0.2) is 119 Å². The molecule has 0 aromatic carbocycles. The van der Waals surface area contributed by atoms with Crippen LogP contribution in [0, 0.1) is 5.92 Å². The van der Waals surface area contributed by atoms with Crippen LogP contribution in [0.2, 0.25) is 0 Å². The average Bonchev–Trinajstić information content (AvgIpc) is 3.74. The SMILES string of the molecule is C=C(C)C(=O)OC(C)CC(C)(OC(=O)OC(C)(C)C)C(F)(F)F.C=C(C)C(=O)OC(CC)C(F)(F)C(=O)OC(C)(C)C.C=C(C)C(=O)OC1(C(C)C)CCCC1.C=C(C)C(=O)OC1CCN(C(=O)OC(C)(C)CC)CC1. The van der Waals surface area contributed by atoms with Crippen molar-refractivity contribution in [2.24, 2.45) is 5.92 Å². The van der Waals surface area contributed by atoms with Crippen LogP contribution in [0.1, 0.15) is 182 Å². The minimum Gasteiger partial charge on any atom is -0.459 e. The predicted octanol–water partition coefficient (Wildman–Crippen LogP) is 13.0. The molecule has 0 aromatic rings. The van der Waals surface area contributed by atoms with Crippen LogP contribution < -0.4 is 0 Å². The van der Waals surface area contributed by atoms with Gasteiger partial charge < -0.3 is 42.8 Å². The first-order valence-corrected chi connectivity index (χ1v) is 25.3. The van der Waals surface area contributed by atoms with Crippen LogP contribution in [0.4, 0.5) is 31.5 Å². The quantitative estimate of drug-likeness (QED) is 0.0577. The predicted molar refractivity (Wildman–Crippen MR) is 276 cm³/mol. The van der Waals surface area contributed by atoms with Gasteiger partial charge in [0.15, 0.2) is 6.10 Å². The molecule has 76 heavy (non-hydrogen) atoms. The molecule has 1 aliphatic heterocycles. The highest BCUT2D eigenvalue weighted by Gasteiger charge is 2.56. The maximum Gasteiger partial charge on any atom is 0.509 e. The molecule has 16 nitrogen and oxygen atoms in total. The number of halogens is 5. The molecule has 1 heterocycles. The summed E-state index contributed by atoms with van der Waals surface area (Å²) >= 11 is 0. The van der Waals surface area contributed by atoms with Crippen molar-refractivity contribution in [1.29, 1.82) is 0 Å². The third-order valence-electron chi connectivity index (χ3n) is 11.4. The van der Waals surface area contributed by atoms with Crippen LogP contribution in [0.5, 0.6) is 0 Å². The Hall–Kier alpha value is -5.50. The number of likely N-dealkylation sites (tertiary alicyclic amines) is 1. The van der Waals surface area contributed by atoms with Crippen LogP contribution in [0.15, 0.2) is 48.6 Å². The van der Waals surface area contributed by atoms with Crippen LogP contribution in [-0.2, 0) is 61.9 Å². The lowest BCUT2D eigenvalue weighted by Crippen LogP contribution is -2.49. The molecule has 2 rings (SSSR count). The zero-order chi connectivity index (χ0) is 60.2. The molecular weight excluding hydrogens is 1010 g/mol. The Morgan fingerprint density at radius 1 is 0.618 bits per heavy atom. The smallest absolute Gasteiger partial charge is 0.459 e. The molecule has 2 aliphatic rings. The van der Waals surface area contributed by atoms with Gasteiger partial charge in [0.05, 0.1) is 0 Å². The Kier molecular flexibility index (Phi) is 29.1. The van der Waals surface area contributed by atoms with Crippen LogP contribution >= 0.6 is 0 Å². The molecule has 0 bridgehead atoms. The number of carbonyl (C=O) groups is 7. The lowest BCUT2D eigenvalue weighted by molar-refractivity contribution is -0.266. The monoisotopic (exact) mass is 1100 g/mol. The number of ether oxygens (including phenoxy) is 8. The average molecular weight is 1100 g/mol. The van der Waals surface area contributed by atoms with E-state index in [0.29, 0.717) is 49.9 Å². The highest BCUT2D eigenvalue weighted by Crippen LogP contribution is 2.40. The van der Waals surface area contributed by atoms with Gasteiger partial charge in [-0.2, -0.15) is 22.0 Å². The summed E-state index contributed by atoms with van der Waals surface area (Å²) in [7, 11) is 0. The third-order valence-corrected chi connectivity index (χ3v) is 11.4. The second-order valence-corrected chi connectivity index (χ2v) is 22.2. The first-order valence-electron chi connectivity index (χ1n) is 25.3. The Morgan fingerprint density at radius 2 is 1.05 bits per heavy atom. The summed E-state index contributed by atoms with van der Waals surface area (Å²) in [4.78, 5) is 82.2. The minimum absolute atomic E-state index is 0.0153. The lowest BCUT2D eigenvalue weighted by atomic mass is 9.88. The fraction of sp³-hybridized carbons (Fsp3) is 0.727. The summed E-state index contributed by atoms with van der Waals surface area (Å²) in [6, 6.07) is 0. The summed E-state index contributed by atoms with van der Waals surface area (Å²) in [6.45, 7) is 43.2. The van der Waals surface area contributed by atoms with E-state index in [0.717, 1.165) is 19.3 Å². The fourth-order valence-corrected chi connectivity index (χ4v) is 6.49. The van der Waals surface area contributed by atoms with Crippen molar-refractivity contribution in [2.45, 2.75) is 241 Å². The first kappa shape index (κ1) is 72.6. The van der Waals surface area contributed by atoms with E-state index in [1.807, 2.05) is 20.8 Å². The molecule has 0 aromatic heterocycles. The number of alkyl halides is 5. The van der Waals surface area contributed by atoms with Gasteiger partial charge in [-0.1, -0.05) is 54.0 Å². The standard InChI is InChI=1S/C15H23F3O5.C15H25NO4.C13H20F2O4.C12H20O2/c1-9(2)11(19)21-10(3)8-14(7,15(16,17)18)23-12(20)22-13(4,5)6;1-6-15(4,5)20-14(18)16-9-7-12(8-10-16)19-13(17)11(2)3;1-7-9(18-10(16)8(2)3)13(14,15)11(17)19-12(4,5)6;1-9(2)11(13)14-12(10(3)4)7-5-6-8-12/h10H,1,8H2,2-7H3;12H,2,6-10H2,1,3-5H3;9H,2,7H2,1,3-6H3;10H,1,5-8H2,2-4H3. The molecule has 2 fully saturated rings. The van der Waals surface area contributed by atoms with Gasteiger partial charge in [0.25, 0.3) is 0 Å². The molecule has 3 atom stereocenters. The molecule has 0 spiro atoms. The van der Waals surface area contributed by atoms with E-state index in [1.54, 1.807) is 18.7 Å². The summed E-state index contributed by atoms with van der Waals surface area (Å²) in [5.74, 6) is -7.59. The first-order chi connectivity index (χ1) is 34.2. The summed E-state index contributed by atoms with van der Waals surface area (Å²) in [5, 5.41) is 0. The highest BCUT2D eigenvalue weighted by atomic mass is 19.4. The molecule has 1 aliphatic carbocycles. The van der Waals surface area contributed by atoms with Gasteiger partial charge in [-0.15, -0.1) is 0 Å². The van der Waals surface area contributed by atoms with Crippen molar-refractivity contribution in [3.8, 4) is 0 Å². The Bertz CT molecular complexity index is 2020. The molecule has 1 saturated heterocycles. The number of carbonyl (C=O) groups excluding carboxylic acids is 7. The fourth-order valence-electron chi connectivity index (χ4n) is 6.49. The van der Waals surface area contributed by atoms with E-state index >= 15 is 0 Å². The number of nitrogens with zero attached hydrogens (tertiary/aromatic N) is 1. The van der Waals surface area contributed by atoms with Gasteiger partial charge in [0, 0.05) is 54.6 Å². The maximum atomic E-state index is 13.9. The number of piperidine rings is 1. The second-order valence-electron chi connectivity index (χ2n) is 22.2. The number of amides is 1. The van der Waals surface area contributed by atoms with Gasteiger partial charge in [0.2, 0.25) is 5.60 Å². The number of hydrogen-bond donors (Lipinski definition) is 0. The zero-order valence-corrected chi connectivity index (χ0v) is 48.4. The normalized spacial score (nSPS) is 16.3. The van der Waals surface area contributed by atoms with E-state index in [9.17, 15) is 55.5 Å². The number of esters is 5. The summed E-state index contributed by atoms with van der Waals surface area (Å²) in [6.07, 6.45) is -4.35. The van der Waals surface area contributed by atoms with Gasteiger partial charge >= 0.3 is 54.2 Å². The van der Waals surface area contributed by atoms with Crippen molar-refractivity contribution < 1.29 is 93.4 Å². The van der Waals surface area contributed by atoms with Crippen LogP contribution in [0.3, 0.4) is 0 Å². The van der Waals surface area contributed by atoms with Crippen LogP contribution in [0.25, 0.3) is 0 Å². The van der Waals surface area contributed by atoms with Crippen molar-refractivity contribution >= 4 is 42.1 Å². The van der Waals surface area contributed by atoms with E-state index in [1.165, 1.54) is 82.1 Å². The maximum absolute atomic E-state index is 13.9. The van der Waals surface area contributed by atoms with Gasteiger partial charge in [-0.25, -0.2) is 33.6 Å². The molecule has 0 radical (unpaired) electrons. The largest absolute Gasteiger partial charge is 0.509 e. The zero-order valence-electron chi connectivity index (χ0n) is 48.4. The number of rotatable bonds is 17. The third kappa shape index (κ3) is 27.0. The van der Waals surface area contributed by atoms with Crippen molar-refractivity contribution in [1.82, 2.24) is 4.90 Å². The molecule has 0 N–H and O–H groups in total. The number of hydrogen-bond acceptors (Lipinski definition) is 15. The highest BCUT2D eigenvalue weighted by molar-refractivity contribution is 5.89. The van der Waals surface area contributed by atoms with Crippen molar-refractivity contribution in [2.75, 3.05) is 13.1 Å². The van der Waals surface area contributed by atoms with E-state index in [4.69, 9.17) is 23.7 Å².